The van der Waals surface area contributed by atoms with Crippen molar-refractivity contribution >= 4 is 0 Å². The third kappa shape index (κ3) is 3.62. The summed E-state index contributed by atoms with van der Waals surface area (Å²) in [6.45, 7) is 5.70. The second kappa shape index (κ2) is 6.07. The minimum absolute atomic E-state index is 0.469. The largest absolute Gasteiger partial charge is 0.512 e. The highest BCUT2D eigenvalue weighted by molar-refractivity contribution is 5.23. The van der Waals surface area contributed by atoms with E-state index in [0.717, 1.165) is 18.4 Å². The quantitative estimate of drug-likeness (QED) is 0.564. The zero-order valence-corrected chi connectivity index (χ0v) is 9.24. The standard InChI is InChI=1S/C14H18O/c1-3-8-14(15)13(4-2)11-12-9-6-5-7-10-12/h3,5-7,9-10,15H,1,4,8,11H2,2H3/b14-13+. The smallest absolute Gasteiger partial charge is 0.0955 e. The van der Waals surface area contributed by atoms with Crippen molar-refractivity contribution in [3.05, 3.63) is 59.9 Å². The summed E-state index contributed by atoms with van der Waals surface area (Å²) in [5, 5.41) is 9.78. The summed E-state index contributed by atoms with van der Waals surface area (Å²) in [5.41, 5.74) is 2.34. The van der Waals surface area contributed by atoms with Gasteiger partial charge < -0.3 is 5.11 Å². The van der Waals surface area contributed by atoms with Crippen LogP contribution in [0, 0.1) is 0 Å². The Morgan fingerprint density at radius 2 is 2.00 bits per heavy atom. The summed E-state index contributed by atoms with van der Waals surface area (Å²) in [5.74, 6) is 0.469. The molecule has 0 aromatic heterocycles. The Morgan fingerprint density at radius 3 is 2.53 bits per heavy atom. The van der Waals surface area contributed by atoms with Crippen molar-refractivity contribution in [3.8, 4) is 0 Å². The molecule has 1 nitrogen and oxygen atoms in total. The monoisotopic (exact) mass is 202 g/mol. The minimum atomic E-state index is 0.469. The second-order valence-corrected chi connectivity index (χ2v) is 3.56. The fourth-order valence-electron chi connectivity index (χ4n) is 1.55. The lowest BCUT2D eigenvalue weighted by Gasteiger charge is -2.07. The highest BCUT2D eigenvalue weighted by Crippen LogP contribution is 2.16. The Morgan fingerprint density at radius 1 is 1.33 bits per heavy atom. The van der Waals surface area contributed by atoms with Crippen molar-refractivity contribution in [2.24, 2.45) is 0 Å². The van der Waals surface area contributed by atoms with Gasteiger partial charge in [0.2, 0.25) is 0 Å². The van der Waals surface area contributed by atoms with Crippen LogP contribution in [0.2, 0.25) is 0 Å². The van der Waals surface area contributed by atoms with Gasteiger partial charge in [-0.05, 0) is 24.0 Å². The van der Waals surface area contributed by atoms with E-state index in [1.165, 1.54) is 5.56 Å². The molecule has 0 aliphatic carbocycles. The number of rotatable bonds is 5. The van der Waals surface area contributed by atoms with Gasteiger partial charge in [-0.1, -0.05) is 43.3 Å². The molecule has 0 atom stereocenters. The zero-order valence-electron chi connectivity index (χ0n) is 9.24. The third-order valence-corrected chi connectivity index (χ3v) is 2.43. The lowest BCUT2D eigenvalue weighted by Crippen LogP contribution is -1.95. The molecule has 0 amide bonds. The van der Waals surface area contributed by atoms with Crippen LogP contribution < -0.4 is 0 Å². The fourth-order valence-corrected chi connectivity index (χ4v) is 1.55. The van der Waals surface area contributed by atoms with Gasteiger partial charge in [-0.25, -0.2) is 0 Å². The number of hydrogen-bond acceptors (Lipinski definition) is 1. The molecule has 0 saturated carbocycles. The molecule has 0 aliphatic heterocycles. The Bertz CT molecular complexity index is 336. The van der Waals surface area contributed by atoms with Crippen molar-refractivity contribution < 1.29 is 5.11 Å². The molecule has 1 heteroatoms. The van der Waals surface area contributed by atoms with Crippen molar-refractivity contribution in [2.45, 2.75) is 26.2 Å². The average Bonchev–Trinajstić information content (AvgIpc) is 2.27. The van der Waals surface area contributed by atoms with E-state index in [1.54, 1.807) is 6.08 Å². The fraction of sp³-hybridized carbons (Fsp3) is 0.286. The SMILES string of the molecule is C=CC/C(O)=C(/CC)Cc1ccccc1. The molecular formula is C14H18O. The Kier molecular flexibility index (Phi) is 4.69. The highest BCUT2D eigenvalue weighted by Gasteiger charge is 2.03. The van der Waals surface area contributed by atoms with Crippen LogP contribution in [0.5, 0.6) is 0 Å². The van der Waals surface area contributed by atoms with E-state index in [-0.39, 0.29) is 0 Å². The van der Waals surface area contributed by atoms with Crippen LogP contribution in [0.1, 0.15) is 25.3 Å². The van der Waals surface area contributed by atoms with Gasteiger partial charge in [0, 0.05) is 6.42 Å². The van der Waals surface area contributed by atoms with Gasteiger partial charge in [-0.2, -0.15) is 0 Å². The van der Waals surface area contributed by atoms with Crippen LogP contribution in [-0.2, 0) is 6.42 Å². The summed E-state index contributed by atoms with van der Waals surface area (Å²) in [7, 11) is 0. The first kappa shape index (κ1) is 11.6. The maximum Gasteiger partial charge on any atom is 0.0955 e. The predicted octanol–water partition coefficient (Wildman–Crippen LogP) is 4.03. The molecule has 1 aromatic carbocycles. The first-order valence-electron chi connectivity index (χ1n) is 5.32. The molecule has 15 heavy (non-hydrogen) atoms. The maximum absolute atomic E-state index is 9.78. The number of aliphatic hydroxyl groups excluding tert-OH is 1. The van der Waals surface area contributed by atoms with Crippen LogP contribution in [0.25, 0.3) is 0 Å². The molecule has 1 aromatic rings. The van der Waals surface area contributed by atoms with E-state index in [0.29, 0.717) is 12.2 Å². The van der Waals surface area contributed by atoms with Gasteiger partial charge >= 0.3 is 0 Å². The van der Waals surface area contributed by atoms with Gasteiger partial charge in [0.05, 0.1) is 5.76 Å². The van der Waals surface area contributed by atoms with E-state index in [4.69, 9.17) is 0 Å². The summed E-state index contributed by atoms with van der Waals surface area (Å²) >= 11 is 0. The summed E-state index contributed by atoms with van der Waals surface area (Å²) in [6, 6.07) is 10.2. The Labute approximate surface area is 91.8 Å². The first-order chi connectivity index (χ1) is 7.27. The lowest BCUT2D eigenvalue weighted by atomic mass is 10.0. The van der Waals surface area contributed by atoms with Crippen LogP contribution in [0.4, 0.5) is 0 Å². The Hall–Kier alpha value is -1.50. The first-order valence-corrected chi connectivity index (χ1v) is 5.32. The highest BCUT2D eigenvalue weighted by atomic mass is 16.3. The van der Waals surface area contributed by atoms with Crippen LogP contribution in [0.3, 0.4) is 0 Å². The van der Waals surface area contributed by atoms with E-state index in [2.05, 4.69) is 25.6 Å². The van der Waals surface area contributed by atoms with Crippen molar-refractivity contribution in [1.82, 2.24) is 0 Å². The van der Waals surface area contributed by atoms with Crippen molar-refractivity contribution in [1.29, 1.82) is 0 Å². The molecule has 0 bridgehead atoms. The number of allylic oxidation sites excluding steroid dienone is 2. The summed E-state index contributed by atoms with van der Waals surface area (Å²) < 4.78 is 0. The maximum atomic E-state index is 9.78. The number of aliphatic hydroxyl groups is 1. The van der Waals surface area contributed by atoms with E-state index in [9.17, 15) is 5.11 Å². The molecule has 1 rings (SSSR count). The Balaban J connectivity index is 2.78. The predicted molar refractivity (Wildman–Crippen MR) is 64.9 cm³/mol. The molecule has 0 fully saturated rings. The van der Waals surface area contributed by atoms with Crippen LogP contribution in [-0.4, -0.2) is 5.11 Å². The number of benzene rings is 1. The van der Waals surface area contributed by atoms with E-state index >= 15 is 0 Å². The molecular weight excluding hydrogens is 184 g/mol. The summed E-state index contributed by atoms with van der Waals surface area (Å²) in [6.07, 6.45) is 4.01. The molecule has 0 unspecified atom stereocenters. The van der Waals surface area contributed by atoms with Gasteiger partial charge in [0.15, 0.2) is 0 Å². The molecule has 0 aliphatic rings. The lowest BCUT2D eigenvalue weighted by molar-refractivity contribution is 0.390. The van der Waals surface area contributed by atoms with Crippen LogP contribution in [0.15, 0.2) is 54.3 Å². The second-order valence-electron chi connectivity index (χ2n) is 3.56. The topological polar surface area (TPSA) is 20.2 Å². The molecule has 0 saturated heterocycles. The van der Waals surface area contributed by atoms with Gasteiger partial charge in [0.1, 0.15) is 0 Å². The minimum Gasteiger partial charge on any atom is -0.512 e. The normalized spacial score (nSPS) is 12.1. The zero-order chi connectivity index (χ0) is 11.1. The van der Waals surface area contributed by atoms with Gasteiger partial charge in [-0.15, -0.1) is 6.58 Å². The third-order valence-electron chi connectivity index (χ3n) is 2.43. The summed E-state index contributed by atoms with van der Waals surface area (Å²) in [4.78, 5) is 0. The number of hydrogen-bond donors (Lipinski definition) is 1. The van der Waals surface area contributed by atoms with Gasteiger partial charge in [0.25, 0.3) is 0 Å². The average molecular weight is 202 g/mol. The van der Waals surface area contributed by atoms with E-state index in [1.807, 2.05) is 18.2 Å². The molecule has 0 heterocycles. The van der Waals surface area contributed by atoms with E-state index < -0.39 is 0 Å². The molecule has 1 N–H and O–H groups in total. The van der Waals surface area contributed by atoms with Crippen LogP contribution >= 0.6 is 0 Å². The molecule has 0 radical (unpaired) electrons. The molecule has 0 spiro atoms. The van der Waals surface area contributed by atoms with Crippen molar-refractivity contribution in [2.75, 3.05) is 0 Å². The van der Waals surface area contributed by atoms with Gasteiger partial charge in [-0.3, -0.25) is 0 Å². The van der Waals surface area contributed by atoms with Crippen molar-refractivity contribution in [3.63, 3.8) is 0 Å². The molecule has 80 valence electrons.